The van der Waals surface area contributed by atoms with Crippen molar-refractivity contribution in [2.45, 2.75) is 57.9 Å². The highest BCUT2D eigenvalue weighted by Crippen LogP contribution is 2.74. The van der Waals surface area contributed by atoms with Crippen molar-refractivity contribution in [1.82, 2.24) is 15.8 Å². The number of hydrogen-bond donors (Lipinski definition) is 2. The molecule has 1 aromatic rings. The predicted octanol–water partition coefficient (Wildman–Crippen LogP) is 2.83. The number of carbonyl (C=O) groups is 2. The molecule has 3 saturated carbocycles. The lowest BCUT2D eigenvalue weighted by Crippen LogP contribution is -2.46. The van der Waals surface area contributed by atoms with Crippen molar-refractivity contribution in [2.24, 2.45) is 35.0 Å². The maximum atomic E-state index is 14.1. The van der Waals surface area contributed by atoms with Crippen LogP contribution in [0.4, 0.5) is 8.78 Å². The Kier molecular flexibility index (Phi) is 5.50. The van der Waals surface area contributed by atoms with Crippen molar-refractivity contribution >= 4 is 11.9 Å². The van der Waals surface area contributed by atoms with Gasteiger partial charge in [0.25, 0.3) is 5.92 Å². The van der Waals surface area contributed by atoms with E-state index in [1.165, 1.54) is 0 Å². The average Bonchev–Trinajstić information content (AvgIpc) is 3.24. The van der Waals surface area contributed by atoms with E-state index in [9.17, 15) is 18.4 Å². The van der Waals surface area contributed by atoms with Crippen LogP contribution < -0.4 is 10.6 Å². The number of hydrogen-bond acceptors (Lipinski definition) is 6. The first-order valence-electron chi connectivity index (χ1n) is 11.8. The Hall–Kier alpha value is -2.03. The number of esters is 1. The normalized spacial score (nSPS) is 33.9. The van der Waals surface area contributed by atoms with E-state index >= 15 is 0 Å². The molecule has 1 aliphatic heterocycles. The number of rotatable bonds is 7. The highest BCUT2D eigenvalue weighted by Gasteiger charge is 2.72. The van der Waals surface area contributed by atoms with Gasteiger partial charge in [0.15, 0.2) is 5.76 Å². The van der Waals surface area contributed by atoms with Crippen LogP contribution in [0.1, 0.15) is 50.0 Å². The molecule has 2 heterocycles. The molecule has 3 aliphatic carbocycles. The quantitative estimate of drug-likeness (QED) is 0.620. The number of ether oxygens (including phenoxy) is 1. The smallest absolute Gasteiger partial charge is 0.310 e. The molecular weight excluding hydrogens is 420 g/mol. The molecule has 1 saturated heterocycles. The summed E-state index contributed by atoms with van der Waals surface area (Å²) in [5, 5.41) is 9.47. The van der Waals surface area contributed by atoms with Gasteiger partial charge in [-0.3, -0.25) is 9.59 Å². The third-order valence-corrected chi connectivity index (χ3v) is 8.37. The Labute approximate surface area is 186 Å². The van der Waals surface area contributed by atoms with Crippen LogP contribution in [0.3, 0.4) is 0 Å². The van der Waals surface area contributed by atoms with Gasteiger partial charge in [-0.15, -0.1) is 0 Å². The van der Waals surface area contributed by atoms with Crippen LogP contribution in [0.5, 0.6) is 0 Å². The monoisotopic (exact) mass is 451 g/mol. The molecule has 1 spiro atoms. The second-order valence-electron chi connectivity index (χ2n) is 10.1. The van der Waals surface area contributed by atoms with E-state index < -0.39 is 29.6 Å². The fourth-order valence-corrected chi connectivity index (χ4v) is 6.76. The Morgan fingerprint density at radius 1 is 1.25 bits per heavy atom. The van der Waals surface area contributed by atoms with Gasteiger partial charge in [0.1, 0.15) is 0 Å². The molecule has 5 atom stereocenters. The Bertz CT molecular complexity index is 884. The van der Waals surface area contributed by atoms with Crippen molar-refractivity contribution in [3.8, 4) is 0 Å². The van der Waals surface area contributed by atoms with Crippen LogP contribution in [-0.2, 0) is 20.9 Å². The van der Waals surface area contributed by atoms with Gasteiger partial charge in [0, 0.05) is 12.0 Å². The van der Waals surface area contributed by atoms with Gasteiger partial charge in [-0.25, -0.2) is 8.78 Å². The number of alkyl halides is 2. The highest BCUT2D eigenvalue weighted by atomic mass is 19.3. The highest BCUT2D eigenvalue weighted by molar-refractivity contribution is 5.87. The molecule has 0 radical (unpaired) electrons. The van der Waals surface area contributed by atoms with Crippen molar-refractivity contribution < 1.29 is 27.6 Å². The van der Waals surface area contributed by atoms with E-state index in [0.29, 0.717) is 18.7 Å². The molecule has 1 amide bonds. The van der Waals surface area contributed by atoms with E-state index in [-0.39, 0.29) is 49.3 Å². The maximum Gasteiger partial charge on any atom is 0.310 e. The fourth-order valence-electron chi connectivity index (χ4n) is 6.76. The molecule has 176 valence electrons. The summed E-state index contributed by atoms with van der Waals surface area (Å²) in [6.07, 6.45) is 4.51. The molecular formula is C23H31F2N3O4. The third-order valence-electron chi connectivity index (χ3n) is 8.37. The maximum absolute atomic E-state index is 14.1. The Balaban J connectivity index is 1.22. The first kappa shape index (κ1) is 21.8. The van der Waals surface area contributed by atoms with E-state index in [1.54, 1.807) is 6.07 Å². The summed E-state index contributed by atoms with van der Waals surface area (Å²) in [5.74, 6) is -4.09. The van der Waals surface area contributed by atoms with Crippen LogP contribution in [0.2, 0.25) is 0 Å². The predicted molar refractivity (Wildman–Crippen MR) is 109 cm³/mol. The molecule has 4 fully saturated rings. The zero-order chi connectivity index (χ0) is 22.5. The minimum Gasteiger partial charge on any atom is -0.465 e. The third kappa shape index (κ3) is 3.72. The first-order chi connectivity index (χ1) is 15.3. The standard InChI is InChI=1S/C23H31F2N3O4/c1-13-10-15(32-28-13)11-27-20(29)18-16-2-3-17(22(16)6-7-22)19(18)21(30)31-9-5-14-4-8-26-12-23(14,24)25/h10,14,16-19,26H,2-9,11-12H2,1H3,(H,27,29)/t14?,16-,17+,18+,19+/m0/s1. The van der Waals surface area contributed by atoms with Gasteiger partial charge in [0.2, 0.25) is 5.91 Å². The van der Waals surface area contributed by atoms with Gasteiger partial charge in [0.05, 0.1) is 37.2 Å². The van der Waals surface area contributed by atoms with E-state index in [2.05, 4.69) is 15.8 Å². The summed E-state index contributed by atoms with van der Waals surface area (Å²) in [5.41, 5.74) is 0.836. The molecule has 7 nitrogen and oxygen atoms in total. The van der Waals surface area contributed by atoms with Crippen LogP contribution >= 0.6 is 0 Å². The van der Waals surface area contributed by atoms with E-state index in [4.69, 9.17) is 9.26 Å². The summed E-state index contributed by atoms with van der Waals surface area (Å²) in [6.45, 7) is 2.25. The van der Waals surface area contributed by atoms with E-state index in [0.717, 1.165) is 31.4 Å². The molecule has 2 bridgehead atoms. The lowest BCUT2D eigenvalue weighted by Gasteiger charge is -2.32. The second kappa shape index (κ2) is 8.08. The molecule has 2 N–H and O–H groups in total. The Morgan fingerprint density at radius 3 is 2.66 bits per heavy atom. The van der Waals surface area contributed by atoms with Gasteiger partial charge in [-0.1, -0.05) is 5.16 Å². The van der Waals surface area contributed by atoms with Crippen LogP contribution in [0.25, 0.3) is 0 Å². The number of nitrogens with one attached hydrogen (secondary N) is 2. The number of carbonyl (C=O) groups excluding carboxylic acids is 2. The zero-order valence-corrected chi connectivity index (χ0v) is 18.4. The largest absolute Gasteiger partial charge is 0.465 e. The van der Waals surface area contributed by atoms with Gasteiger partial charge in [-0.2, -0.15) is 0 Å². The average molecular weight is 452 g/mol. The fraction of sp³-hybridized carbons (Fsp3) is 0.783. The van der Waals surface area contributed by atoms with Crippen LogP contribution in [0.15, 0.2) is 10.6 Å². The van der Waals surface area contributed by atoms with Crippen molar-refractivity contribution in [2.75, 3.05) is 19.7 Å². The zero-order valence-electron chi connectivity index (χ0n) is 18.4. The summed E-state index contributed by atoms with van der Waals surface area (Å²) >= 11 is 0. The van der Waals surface area contributed by atoms with Gasteiger partial charge in [-0.05, 0) is 69.2 Å². The molecule has 0 aromatic carbocycles. The van der Waals surface area contributed by atoms with Gasteiger partial charge >= 0.3 is 5.97 Å². The minimum atomic E-state index is -2.78. The summed E-state index contributed by atoms with van der Waals surface area (Å²) in [6, 6.07) is 1.77. The molecule has 9 heteroatoms. The number of halogens is 2. The first-order valence-corrected chi connectivity index (χ1v) is 11.8. The number of aromatic nitrogens is 1. The topological polar surface area (TPSA) is 93.5 Å². The van der Waals surface area contributed by atoms with Gasteiger partial charge < -0.3 is 19.9 Å². The number of nitrogens with zero attached hydrogens (tertiary/aromatic N) is 1. The van der Waals surface area contributed by atoms with E-state index in [1.807, 2.05) is 6.92 Å². The van der Waals surface area contributed by atoms with Crippen LogP contribution in [0, 0.1) is 41.9 Å². The number of piperidine rings is 1. The summed E-state index contributed by atoms with van der Waals surface area (Å²) in [7, 11) is 0. The summed E-state index contributed by atoms with van der Waals surface area (Å²) in [4.78, 5) is 26.3. The number of aryl methyl sites for hydroxylation is 1. The molecule has 5 rings (SSSR count). The molecule has 32 heavy (non-hydrogen) atoms. The Morgan fingerprint density at radius 2 is 2.00 bits per heavy atom. The minimum absolute atomic E-state index is 0.0222. The molecule has 1 aromatic heterocycles. The van der Waals surface area contributed by atoms with Crippen molar-refractivity contribution in [3.63, 3.8) is 0 Å². The second-order valence-corrected chi connectivity index (χ2v) is 10.1. The van der Waals surface area contributed by atoms with Crippen LogP contribution in [-0.4, -0.2) is 42.7 Å². The van der Waals surface area contributed by atoms with Crippen molar-refractivity contribution in [1.29, 1.82) is 0 Å². The lowest BCUT2D eigenvalue weighted by atomic mass is 9.78. The molecule has 4 aliphatic rings. The summed E-state index contributed by atoms with van der Waals surface area (Å²) < 4.78 is 38.8. The SMILES string of the molecule is Cc1cc(CNC(=O)[C@H]2[C@H](C(=O)OCCC3CCNCC3(F)F)[C@H]3CC[C@@H]2C32CC2)on1. The lowest BCUT2D eigenvalue weighted by molar-refractivity contribution is -0.157. The van der Waals surface area contributed by atoms with Crippen molar-refractivity contribution in [3.05, 3.63) is 17.5 Å². The molecule has 1 unspecified atom stereocenters. The number of amides is 1.